The van der Waals surface area contributed by atoms with Gasteiger partial charge in [-0.05, 0) is 40.8 Å². The van der Waals surface area contributed by atoms with Crippen LogP contribution in [0.2, 0.25) is 0 Å². The minimum absolute atomic E-state index is 0.170. The first-order valence-electron chi connectivity index (χ1n) is 7.61. The SMILES string of the molecule is CN(CCOc1ccccc1F)C(=O)c1cccc(-n2cnnn2)c1. The van der Waals surface area contributed by atoms with Gasteiger partial charge in [-0.2, -0.15) is 0 Å². The Labute approximate surface area is 143 Å². The maximum Gasteiger partial charge on any atom is 0.253 e. The maximum atomic E-state index is 13.5. The summed E-state index contributed by atoms with van der Waals surface area (Å²) in [6.45, 7) is 0.512. The number of nitrogens with zero attached hydrogens (tertiary/aromatic N) is 5. The summed E-state index contributed by atoms with van der Waals surface area (Å²) >= 11 is 0. The molecule has 0 radical (unpaired) electrons. The van der Waals surface area contributed by atoms with E-state index in [2.05, 4.69) is 15.5 Å². The van der Waals surface area contributed by atoms with Gasteiger partial charge in [-0.3, -0.25) is 4.79 Å². The number of hydrogen-bond donors (Lipinski definition) is 0. The van der Waals surface area contributed by atoms with Gasteiger partial charge in [0.05, 0.1) is 12.2 Å². The fourth-order valence-corrected chi connectivity index (χ4v) is 2.24. The van der Waals surface area contributed by atoms with Crippen LogP contribution < -0.4 is 4.74 Å². The molecular weight excluding hydrogens is 325 g/mol. The van der Waals surface area contributed by atoms with Crippen molar-refractivity contribution >= 4 is 5.91 Å². The van der Waals surface area contributed by atoms with Crippen LogP contribution in [-0.4, -0.2) is 51.2 Å². The number of para-hydroxylation sites is 1. The van der Waals surface area contributed by atoms with Crippen LogP contribution in [0.3, 0.4) is 0 Å². The van der Waals surface area contributed by atoms with E-state index < -0.39 is 5.82 Å². The van der Waals surface area contributed by atoms with Crippen LogP contribution in [0.1, 0.15) is 10.4 Å². The third kappa shape index (κ3) is 3.97. The molecule has 0 aliphatic heterocycles. The molecule has 0 N–H and O–H groups in total. The summed E-state index contributed by atoms with van der Waals surface area (Å²) in [5.41, 5.74) is 1.19. The van der Waals surface area contributed by atoms with Crippen LogP contribution >= 0.6 is 0 Å². The van der Waals surface area contributed by atoms with E-state index in [-0.39, 0.29) is 18.3 Å². The fourth-order valence-electron chi connectivity index (χ4n) is 2.24. The number of ether oxygens (including phenoxy) is 1. The Bertz CT molecular complexity index is 854. The van der Waals surface area contributed by atoms with E-state index >= 15 is 0 Å². The Balaban J connectivity index is 1.61. The summed E-state index contributed by atoms with van der Waals surface area (Å²) in [5.74, 6) is -0.429. The molecule has 2 aromatic carbocycles. The summed E-state index contributed by atoms with van der Waals surface area (Å²) in [4.78, 5) is 14.0. The zero-order chi connectivity index (χ0) is 17.6. The van der Waals surface area contributed by atoms with Crippen molar-refractivity contribution in [3.8, 4) is 11.4 Å². The van der Waals surface area contributed by atoms with Crippen LogP contribution in [0.4, 0.5) is 4.39 Å². The van der Waals surface area contributed by atoms with E-state index in [1.165, 1.54) is 22.0 Å². The Morgan fingerprint density at radius 1 is 1.24 bits per heavy atom. The molecule has 1 heterocycles. The highest BCUT2D eigenvalue weighted by Gasteiger charge is 2.13. The van der Waals surface area contributed by atoms with Gasteiger partial charge in [-0.25, -0.2) is 9.07 Å². The molecule has 1 aromatic heterocycles. The lowest BCUT2D eigenvalue weighted by molar-refractivity contribution is 0.0773. The summed E-state index contributed by atoms with van der Waals surface area (Å²) < 4.78 is 20.3. The Hall–Kier alpha value is -3.29. The van der Waals surface area contributed by atoms with Gasteiger partial charge in [0.15, 0.2) is 11.6 Å². The molecule has 0 saturated carbocycles. The number of carbonyl (C=O) groups excluding carboxylic acids is 1. The van der Waals surface area contributed by atoms with E-state index in [0.717, 1.165) is 0 Å². The largest absolute Gasteiger partial charge is 0.489 e. The van der Waals surface area contributed by atoms with E-state index in [1.54, 1.807) is 49.5 Å². The lowest BCUT2D eigenvalue weighted by Gasteiger charge is -2.18. The highest BCUT2D eigenvalue weighted by molar-refractivity contribution is 5.94. The number of hydrogen-bond acceptors (Lipinski definition) is 5. The highest BCUT2D eigenvalue weighted by Crippen LogP contribution is 2.15. The second-order valence-electron chi connectivity index (χ2n) is 5.31. The van der Waals surface area contributed by atoms with Gasteiger partial charge in [0, 0.05) is 12.6 Å². The van der Waals surface area contributed by atoms with Crippen molar-refractivity contribution in [3.63, 3.8) is 0 Å². The van der Waals surface area contributed by atoms with Crippen LogP contribution in [0.25, 0.3) is 5.69 Å². The number of benzene rings is 2. The summed E-state index contributed by atoms with van der Waals surface area (Å²) in [7, 11) is 1.66. The summed E-state index contributed by atoms with van der Waals surface area (Å²) in [5, 5.41) is 10.9. The molecule has 0 spiro atoms. The van der Waals surface area contributed by atoms with Crippen LogP contribution in [0, 0.1) is 5.82 Å². The lowest BCUT2D eigenvalue weighted by Crippen LogP contribution is -2.31. The van der Waals surface area contributed by atoms with Gasteiger partial charge >= 0.3 is 0 Å². The van der Waals surface area contributed by atoms with Crippen LogP contribution in [0.15, 0.2) is 54.9 Å². The van der Waals surface area contributed by atoms with E-state index in [4.69, 9.17) is 4.74 Å². The molecule has 7 nitrogen and oxygen atoms in total. The monoisotopic (exact) mass is 341 g/mol. The molecule has 0 atom stereocenters. The molecule has 0 saturated heterocycles. The van der Waals surface area contributed by atoms with Gasteiger partial charge < -0.3 is 9.64 Å². The number of aromatic nitrogens is 4. The molecule has 0 unspecified atom stereocenters. The number of halogens is 1. The number of amides is 1. The summed E-state index contributed by atoms with van der Waals surface area (Å²) in [6, 6.07) is 13.1. The summed E-state index contributed by atoms with van der Waals surface area (Å²) in [6.07, 6.45) is 1.45. The van der Waals surface area contributed by atoms with Crippen LogP contribution in [-0.2, 0) is 0 Å². The molecule has 8 heteroatoms. The molecule has 0 aliphatic carbocycles. The molecule has 3 rings (SSSR count). The first-order valence-corrected chi connectivity index (χ1v) is 7.61. The van der Waals surface area contributed by atoms with Gasteiger partial charge in [-0.1, -0.05) is 18.2 Å². The lowest BCUT2D eigenvalue weighted by atomic mass is 10.2. The molecule has 0 aliphatic rings. The van der Waals surface area contributed by atoms with Gasteiger partial charge in [0.1, 0.15) is 12.9 Å². The number of rotatable bonds is 6. The van der Waals surface area contributed by atoms with Crippen molar-refractivity contribution in [2.45, 2.75) is 0 Å². The number of tetrazole rings is 1. The highest BCUT2D eigenvalue weighted by atomic mass is 19.1. The molecule has 25 heavy (non-hydrogen) atoms. The Kier molecular flexibility index (Phi) is 4.98. The molecule has 0 fully saturated rings. The van der Waals surface area contributed by atoms with Crippen molar-refractivity contribution in [2.24, 2.45) is 0 Å². The van der Waals surface area contributed by atoms with Crippen LogP contribution in [0.5, 0.6) is 5.75 Å². The van der Waals surface area contributed by atoms with Crippen molar-refractivity contribution in [1.29, 1.82) is 0 Å². The number of carbonyl (C=O) groups is 1. The normalized spacial score (nSPS) is 10.5. The predicted molar refractivity (Wildman–Crippen MR) is 88.0 cm³/mol. The van der Waals surface area contributed by atoms with E-state index in [0.29, 0.717) is 17.8 Å². The maximum absolute atomic E-state index is 13.5. The smallest absolute Gasteiger partial charge is 0.253 e. The van der Waals surface area contributed by atoms with Gasteiger partial charge in [0.25, 0.3) is 5.91 Å². The zero-order valence-corrected chi connectivity index (χ0v) is 13.5. The predicted octanol–water partition coefficient (Wildman–Crippen LogP) is 1.95. The fraction of sp³-hybridized carbons (Fsp3) is 0.176. The molecular formula is C17H16FN5O2. The quantitative estimate of drug-likeness (QED) is 0.685. The molecule has 0 bridgehead atoms. The Morgan fingerprint density at radius 2 is 2.08 bits per heavy atom. The minimum Gasteiger partial charge on any atom is -0.489 e. The minimum atomic E-state index is -0.425. The second-order valence-corrected chi connectivity index (χ2v) is 5.31. The first-order chi connectivity index (χ1) is 12.1. The standard InChI is InChI=1S/C17H16FN5O2/c1-22(9-10-25-16-8-3-2-7-15(16)18)17(24)13-5-4-6-14(11-13)23-12-19-20-21-23/h2-8,11-12H,9-10H2,1H3. The first kappa shape index (κ1) is 16.6. The second kappa shape index (κ2) is 7.52. The molecule has 128 valence electrons. The third-order valence-corrected chi connectivity index (χ3v) is 3.57. The van der Waals surface area contributed by atoms with Gasteiger partial charge in [0.2, 0.25) is 0 Å². The van der Waals surface area contributed by atoms with Crippen molar-refractivity contribution < 1.29 is 13.9 Å². The average Bonchev–Trinajstić information content (AvgIpc) is 3.17. The number of likely N-dealkylation sites (N-methyl/N-ethyl adjacent to an activating group) is 1. The van der Waals surface area contributed by atoms with Crippen molar-refractivity contribution in [2.75, 3.05) is 20.2 Å². The zero-order valence-electron chi connectivity index (χ0n) is 13.5. The van der Waals surface area contributed by atoms with E-state index in [9.17, 15) is 9.18 Å². The third-order valence-electron chi connectivity index (χ3n) is 3.57. The topological polar surface area (TPSA) is 73.1 Å². The molecule has 1 amide bonds. The average molecular weight is 341 g/mol. The van der Waals surface area contributed by atoms with E-state index in [1.807, 2.05) is 0 Å². The molecule has 3 aromatic rings. The van der Waals surface area contributed by atoms with Crippen molar-refractivity contribution in [3.05, 3.63) is 66.2 Å². The van der Waals surface area contributed by atoms with Gasteiger partial charge in [-0.15, -0.1) is 5.10 Å². The Morgan fingerprint density at radius 3 is 2.84 bits per heavy atom. The van der Waals surface area contributed by atoms with Crippen molar-refractivity contribution in [1.82, 2.24) is 25.1 Å².